The van der Waals surface area contributed by atoms with E-state index >= 15 is 0 Å². The summed E-state index contributed by atoms with van der Waals surface area (Å²) in [6, 6.07) is 11.3. The molecule has 0 fully saturated rings. The van der Waals surface area contributed by atoms with E-state index in [4.69, 9.17) is 0 Å². The van der Waals surface area contributed by atoms with Gasteiger partial charge in [0.25, 0.3) is 0 Å². The molecule has 2 aromatic carbocycles. The van der Waals surface area contributed by atoms with Crippen molar-refractivity contribution in [2.45, 2.75) is 19.3 Å². The van der Waals surface area contributed by atoms with Crippen LogP contribution in [0.2, 0.25) is 0 Å². The van der Waals surface area contributed by atoms with E-state index < -0.39 is 0 Å². The van der Waals surface area contributed by atoms with E-state index in [2.05, 4.69) is 30.3 Å². The van der Waals surface area contributed by atoms with E-state index in [1.54, 1.807) is 11.1 Å². The number of aryl methyl sites for hydroxylation is 2. The average Bonchev–Trinajstić information content (AvgIpc) is 2.64. The van der Waals surface area contributed by atoms with Crippen molar-refractivity contribution < 1.29 is 50.7 Å². The fourth-order valence-electron chi connectivity index (χ4n) is 2.21. The zero-order chi connectivity index (χ0) is 7.97. The number of fused-ring (bicyclic) bond motifs is 2. The van der Waals surface area contributed by atoms with Gasteiger partial charge >= 0.3 is 0 Å². The first kappa shape index (κ1) is 15.3. The molecule has 80 valence electrons. The summed E-state index contributed by atoms with van der Waals surface area (Å²) in [7, 11) is 0. The topological polar surface area (TPSA) is 0 Å². The Kier molecular flexibility index (Phi) is 6.24. The van der Waals surface area contributed by atoms with Crippen LogP contribution in [0, 0.1) is 0 Å². The zero-order valence-corrected chi connectivity index (χ0v) is 13.4. The maximum absolute atomic E-state index is 2.36. The van der Waals surface area contributed by atoms with E-state index in [0.29, 0.717) is 0 Å². The van der Waals surface area contributed by atoms with Crippen molar-refractivity contribution in [3.8, 4) is 0 Å². The predicted octanol–water partition coefficient (Wildman–Crippen LogP) is -2.95. The van der Waals surface area contributed by atoms with Crippen LogP contribution in [-0.2, 0) is 38.7 Å². The Hall–Kier alpha value is 0.280. The number of benzene rings is 1. The van der Waals surface area contributed by atoms with Crippen molar-refractivity contribution in [2.75, 3.05) is 0 Å². The third kappa shape index (κ3) is 2.69. The molecule has 0 aliphatic heterocycles. The summed E-state index contributed by atoms with van der Waals surface area (Å²) < 4.78 is 0. The Labute approximate surface area is 121 Å². The maximum atomic E-state index is 2.36. The van der Waals surface area contributed by atoms with Gasteiger partial charge in [0, 0.05) is 25.8 Å². The van der Waals surface area contributed by atoms with Crippen LogP contribution in [-0.4, -0.2) is 0 Å². The molecule has 0 aromatic heterocycles. The number of rotatable bonds is 0. The van der Waals surface area contributed by atoms with Crippen molar-refractivity contribution in [3.63, 3.8) is 0 Å². The van der Waals surface area contributed by atoms with Crippen molar-refractivity contribution in [1.29, 1.82) is 0 Å². The average molecular weight is 405 g/mol. The number of hydrogen-bond donors (Lipinski definition) is 0. The Morgan fingerprint density at radius 3 is 2.40 bits per heavy atom. The summed E-state index contributed by atoms with van der Waals surface area (Å²) >= 11 is 0. The summed E-state index contributed by atoms with van der Waals surface area (Å²) in [5.74, 6) is 0. The van der Waals surface area contributed by atoms with Crippen molar-refractivity contribution >= 4 is 10.8 Å². The second kappa shape index (κ2) is 6.12. The van der Waals surface area contributed by atoms with E-state index in [0.717, 1.165) is 0 Å². The molecule has 0 saturated heterocycles. The second-order valence-electron chi connectivity index (χ2n) is 3.63. The smallest absolute Gasteiger partial charge is 0 e. The SMILES string of the molecule is [Cl-].[Cl-].[Hf].c1cc2cc3c(cc2[cH-]1)CCC3. The zero-order valence-electron chi connectivity index (χ0n) is 8.26. The van der Waals surface area contributed by atoms with Crippen molar-refractivity contribution in [3.05, 3.63) is 41.5 Å². The molecule has 0 bridgehead atoms. The van der Waals surface area contributed by atoms with Crippen LogP contribution in [0.3, 0.4) is 0 Å². The molecular formula is C12H11Cl2Hf-3. The van der Waals surface area contributed by atoms with Crippen LogP contribution in [0.1, 0.15) is 17.5 Å². The summed E-state index contributed by atoms with van der Waals surface area (Å²) in [6.07, 6.45) is 3.93. The molecule has 0 atom stereocenters. The van der Waals surface area contributed by atoms with Gasteiger partial charge in [-0.3, -0.25) is 0 Å². The molecule has 3 heteroatoms. The van der Waals surface area contributed by atoms with Gasteiger partial charge in [-0.1, -0.05) is 11.1 Å². The molecule has 0 radical (unpaired) electrons. The van der Waals surface area contributed by atoms with Gasteiger partial charge < -0.3 is 24.8 Å². The first-order chi connectivity index (χ1) is 5.93. The van der Waals surface area contributed by atoms with Gasteiger partial charge in [-0.05, 0) is 19.3 Å². The van der Waals surface area contributed by atoms with Gasteiger partial charge in [-0.25, -0.2) is 0 Å². The molecule has 0 N–H and O–H groups in total. The first-order valence-electron chi connectivity index (χ1n) is 4.61. The van der Waals surface area contributed by atoms with Gasteiger partial charge in [0.1, 0.15) is 0 Å². The maximum Gasteiger partial charge on any atom is 0 e. The monoisotopic (exact) mass is 405 g/mol. The minimum Gasteiger partial charge on any atom is -1.00 e. The van der Waals surface area contributed by atoms with E-state index in [9.17, 15) is 0 Å². The van der Waals surface area contributed by atoms with Crippen molar-refractivity contribution in [1.82, 2.24) is 0 Å². The molecular weight excluding hydrogens is 394 g/mol. The van der Waals surface area contributed by atoms with Gasteiger partial charge in [0.15, 0.2) is 0 Å². The Balaban J connectivity index is 0.000000653. The number of halogens is 2. The molecule has 0 heterocycles. The van der Waals surface area contributed by atoms with E-state index in [1.807, 2.05) is 0 Å². The Morgan fingerprint density at radius 1 is 1.00 bits per heavy atom. The quantitative estimate of drug-likeness (QED) is 0.326. The summed E-state index contributed by atoms with van der Waals surface area (Å²) in [5.41, 5.74) is 3.16. The van der Waals surface area contributed by atoms with Crippen LogP contribution < -0.4 is 24.8 Å². The summed E-state index contributed by atoms with van der Waals surface area (Å²) in [4.78, 5) is 0. The van der Waals surface area contributed by atoms with Crippen LogP contribution in [0.4, 0.5) is 0 Å². The van der Waals surface area contributed by atoms with E-state index in [-0.39, 0.29) is 50.7 Å². The Morgan fingerprint density at radius 2 is 1.67 bits per heavy atom. The van der Waals surface area contributed by atoms with Gasteiger partial charge in [0.2, 0.25) is 0 Å². The molecule has 3 rings (SSSR count). The fourth-order valence-corrected chi connectivity index (χ4v) is 2.21. The number of hydrogen-bond acceptors (Lipinski definition) is 0. The Bertz CT molecular complexity index is 396. The molecule has 0 unspecified atom stereocenters. The minimum absolute atomic E-state index is 0. The van der Waals surface area contributed by atoms with Crippen LogP contribution in [0.15, 0.2) is 30.3 Å². The van der Waals surface area contributed by atoms with Gasteiger partial charge in [-0.15, -0.1) is 29.0 Å². The largest absolute Gasteiger partial charge is 1.00 e. The normalized spacial score (nSPS) is 12.3. The standard InChI is InChI=1S/C12H11.2ClH.Hf/c1-3-9-7-11-5-2-6-12(11)8-10(9)4-1;;;/h1,3-4,7-8H,2,5-6H2;2*1H;/q-1;;;/p-2. The van der Waals surface area contributed by atoms with Crippen LogP contribution in [0.5, 0.6) is 0 Å². The molecule has 0 amide bonds. The second-order valence-corrected chi connectivity index (χ2v) is 3.63. The van der Waals surface area contributed by atoms with Crippen molar-refractivity contribution in [2.24, 2.45) is 0 Å². The van der Waals surface area contributed by atoms with Gasteiger partial charge in [0.05, 0.1) is 0 Å². The fraction of sp³-hybridized carbons (Fsp3) is 0.250. The molecule has 0 nitrogen and oxygen atoms in total. The third-order valence-electron chi connectivity index (χ3n) is 2.85. The summed E-state index contributed by atoms with van der Waals surface area (Å²) in [5, 5.41) is 2.83. The molecule has 1 aliphatic carbocycles. The minimum atomic E-state index is 0. The first-order valence-corrected chi connectivity index (χ1v) is 4.61. The molecule has 15 heavy (non-hydrogen) atoms. The molecule has 0 spiro atoms. The van der Waals surface area contributed by atoms with E-state index in [1.165, 1.54) is 30.0 Å². The molecule has 2 aromatic rings. The third-order valence-corrected chi connectivity index (χ3v) is 2.85. The van der Waals surface area contributed by atoms with Gasteiger partial charge in [-0.2, -0.15) is 12.1 Å². The molecule has 0 saturated carbocycles. The molecule has 1 aliphatic rings. The van der Waals surface area contributed by atoms with Crippen LogP contribution in [0.25, 0.3) is 10.8 Å². The predicted molar refractivity (Wildman–Crippen MR) is 51.6 cm³/mol. The summed E-state index contributed by atoms with van der Waals surface area (Å²) in [6.45, 7) is 0. The van der Waals surface area contributed by atoms with Crippen LogP contribution >= 0.6 is 0 Å².